The van der Waals surface area contributed by atoms with E-state index in [2.05, 4.69) is 10.6 Å². The monoisotopic (exact) mass is 216 g/mol. The van der Waals surface area contributed by atoms with Crippen LogP contribution < -0.4 is 10.6 Å². The standard InChI is InChI=1S/C9H16N2O4/c1-7(12)10-5-3-2-4-6-11-8(13)9(14)15/h2-6H2,1H3,(H,10,12)(H,11,13)(H,14,15). The molecule has 0 aliphatic heterocycles. The molecule has 0 aromatic heterocycles. The van der Waals surface area contributed by atoms with E-state index < -0.39 is 11.9 Å². The first-order valence-corrected chi connectivity index (χ1v) is 4.79. The molecule has 0 saturated heterocycles. The Bertz CT molecular complexity index is 240. The molecule has 3 N–H and O–H groups in total. The first-order valence-electron chi connectivity index (χ1n) is 4.79. The van der Waals surface area contributed by atoms with Gasteiger partial charge in [0, 0.05) is 20.0 Å². The van der Waals surface area contributed by atoms with E-state index in [0.29, 0.717) is 19.5 Å². The Hall–Kier alpha value is -1.59. The van der Waals surface area contributed by atoms with Crippen molar-refractivity contribution in [3.05, 3.63) is 0 Å². The van der Waals surface area contributed by atoms with E-state index in [1.807, 2.05) is 0 Å². The van der Waals surface area contributed by atoms with Crippen LogP contribution in [0.1, 0.15) is 26.2 Å². The molecule has 0 aromatic carbocycles. The Balaban J connectivity index is 3.22. The molecule has 0 aliphatic rings. The molecule has 0 radical (unpaired) electrons. The number of carboxylic acids is 1. The zero-order chi connectivity index (χ0) is 11.7. The number of hydrogen-bond donors (Lipinski definition) is 3. The normalized spacial score (nSPS) is 9.40. The van der Waals surface area contributed by atoms with Crippen LogP contribution in [0.25, 0.3) is 0 Å². The van der Waals surface area contributed by atoms with E-state index in [4.69, 9.17) is 5.11 Å². The molecule has 15 heavy (non-hydrogen) atoms. The van der Waals surface area contributed by atoms with Gasteiger partial charge < -0.3 is 15.7 Å². The topological polar surface area (TPSA) is 95.5 Å². The minimum atomic E-state index is -1.46. The van der Waals surface area contributed by atoms with Crippen LogP contribution in [0, 0.1) is 0 Å². The van der Waals surface area contributed by atoms with Crippen LogP contribution in [0.15, 0.2) is 0 Å². The third-order valence-electron chi connectivity index (χ3n) is 1.71. The highest BCUT2D eigenvalue weighted by Crippen LogP contribution is 1.92. The number of amides is 2. The minimum Gasteiger partial charge on any atom is -0.474 e. The van der Waals surface area contributed by atoms with Crippen molar-refractivity contribution in [1.82, 2.24) is 10.6 Å². The molecule has 0 aromatic rings. The number of hydrogen-bond acceptors (Lipinski definition) is 3. The summed E-state index contributed by atoms with van der Waals surface area (Å²) in [6.45, 7) is 2.42. The number of carboxylic acid groups (broad SMARTS) is 1. The van der Waals surface area contributed by atoms with Gasteiger partial charge >= 0.3 is 11.9 Å². The highest BCUT2D eigenvalue weighted by atomic mass is 16.4. The summed E-state index contributed by atoms with van der Waals surface area (Å²) in [5, 5.41) is 13.1. The molecule has 0 fully saturated rings. The van der Waals surface area contributed by atoms with Gasteiger partial charge in [0.15, 0.2) is 0 Å². The molecule has 86 valence electrons. The number of rotatable bonds is 6. The molecule has 2 amide bonds. The molecular formula is C9H16N2O4. The number of unbranched alkanes of at least 4 members (excludes halogenated alkanes) is 2. The third kappa shape index (κ3) is 8.73. The maximum Gasteiger partial charge on any atom is 0.394 e. The lowest BCUT2D eigenvalue weighted by atomic mass is 10.2. The fraction of sp³-hybridized carbons (Fsp3) is 0.667. The van der Waals surface area contributed by atoms with Gasteiger partial charge in [0.2, 0.25) is 5.91 Å². The Morgan fingerprint density at radius 3 is 2.00 bits per heavy atom. The molecule has 0 unspecified atom stereocenters. The van der Waals surface area contributed by atoms with Gasteiger partial charge in [-0.15, -0.1) is 0 Å². The first-order chi connectivity index (χ1) is 7.04. The van der Waals surface area contributed by atoms with Gasteiger partial charge in [-0.2, -0.15) is 0 Å². The molecule has 0 aliphatic carbocycles. The smallest absolute Gasteiger partial charge is 0.394 e. The van der Waals surface area contributed by atoms with Gasteiger partial charge in [0.1, 0.15) is 0 Å². The van der Waals surface area contributed by atoms with E-state index in [0.717, 1.165) is 12.8 Å². The molecule has 6 nitrogen and oxygen atoms in total. The second-order valence-electron chi connectivity index (χ2n) is 3.10. The lowest BCUT2D eigenvalue weighted by Crippen LogP contribution is -2.31. The van der Waals surface area contributed by atoms with E-state index >= 15 is 0 Å². The second kappa shape index (κ2) is 7.78. The Morgan fingerprint density at radius 1 is 1.00 bits per heavy atom. The van der Waals surface area contributed by atoms with Gasteiger partial charge in [-0.3, -0.25) is 9.59 Å². The second-order valence-corrected chi connectivity index (χ2v) is 3.10. The number of aliphatic carboxylic acids is 1. The summed E-state index contributed by atoms with van der Waals surface area (Å²) in [7, 11) is 0. The summed E-state index contributed by atoms with van der Waals surface area (Å²) in [6, 6.07) is 0. The summed E-state index contributed by atoms with van der Waals surface area (Å²) < 4.78 is 0. The van der Waals surface area contributed by atoms with Gasteiger partial charge in [-0.1, -0.05) is 0 Å². The summed E-state index contributed by atoms with van der Waals surface area (Å²) >= 11 is 0. The SMILES string of the molecule is CC(=O)NCCCCCNC(=O)C(=O)O. The van der Waals surface area contributed by atoms with Crippen LogP contribution in [0.4, 0.5) is 0 Å². The molecule has 0 bridgehead atoms. The summed E-state index contributed by atoms with van der Waals surface area (Å²) in [5.41, 5.74) is 0. The zero-order valence-electron chi connectivity index (χ0n) is 8.71. The maximum absolute atomic E-state index is 10.6. The van der Waals surface area contributed by atoms with Crippen LogP contribution in [-0.2, 0) is 14.4 Å². The van der Waals surface area contributed by atoms with Gasteiger partial charge in [0.05, 0.1) is 0 Å². The Kier molecular flexibility index (Phi) is 6.96. The highest BCUT2D eigenvalue weighted by molar-refractivity contribution is 6.31. The van der Waals surface area contributed by atoms with Crippen molar-refractivity contribution < 1.29 is 19.5 Å². The largest absolute Gasteiger partial charge is 0.474 e. The van der Waals surface area contributed by atoms with Gasteiger partial charge in [-0.05, 0) is 19.3 Å². The molecule has 0 saturated carbocycles. The van der Waals surface area contributed by atoms with Crippen molar-refractivity contribution >= 4 is 17.8 Å². The predicted molar refractivity (Wildman–Crippen MR) is 53.2 cm³/mol. The highest BCUT2D eigenvalue weighted by Gasteiger charge is 2.08. The van der Waals surface area contributed by atoms with Crippen LogP contribution in [-0.4, -0.2) is 36.0 Å². The fourth-order valence-electron chi connectivity index (χ4n) is 0.969. The van der Waals surface area contributed by atoms with Crippen molar-refractivity contribution in [1.29, 1.82) is 0 Å². The molecule has 6 heteroatoms. The summed E-state index contributed by atoms with van der Waals surface area (Å²) in [5.74, 6) is -2.50. The van der Waals surface area contributed by atoms with Crippen LogP contribution >= 0.6 is 0 Å². The van der Waals surface area contributed by atoms with Crippen LogP contribution in [0.5, 0.6) is 0 Å². The average molecular weight is 216 g/mol. The third-order valence-corrected chi connectivity index (χ3v) is 1.71. The zero-order valence-corrected chi connectivity index (χ0v) is 8.71. The lowest BCUT2D eigenvalue weighted by molar-refractivity contribution is -0.150. The molecule has 0 atom stereocenters. The summed E-state index contributed by atoms with van der Waals surface area (Å²) in [4.78, 5) is 31.1. The fourth-order valence-corrected chi connectivity index (χ4v) is 0.969. The van der Waals surface area contributed by atoms with Crippen molar-refractivity contribution in [2.45, 2.75) is 26.2 Å². The van der Waals surface area contributed by atoms with E-state index in [-0.39, 0.29) is 5.91 Å². The minimum absolute atomic E-state index is 0.0609. The molecule has 0 spiro atoms. The van der Waals surface area contributed by atoms with Crippen molar-refractivity contribution in [3.8, 4) is 0 Å². The van der Waals surface area contributed by atoms with Gasteiger partial charge in [0.25, 0.3) is 0 Å². The number of nitrogens with one attached hydrogen (secondary N) is 2. The van der Waals surface area contributed by atoms with E-state index in [1.54, 1.807) is 0 Å². The molecular weight excluding hydrogens is 200 g/mol. The van der Waals surface area contributed by atoms with Crippen molar-refractivity contribution in [2.24, 2.45) is 0 Å². The average Bonchev–Trinajstić information content (AvgIpc) is 2.15. The Morgan fingerprint density at radius 2 is 1.53 bits per heavy atom. The molecule has 0 heterocycles. The Labute approximate surface area is 88.0 Å². The van der Waals surface area contributed by atoms with E-state index in [1.165, 1.54) is 6.92 Å². The van der Waals surface area contributed by atoms with Crippen molar-refractivity contribution in [2.75, 3.05) is 13.1 Å². The lowest BCUT2D eigenvalue weighted by Gasteiger charge is -2.03. The van der Waals surface area contributed by atoms with Crippen molar-refractivity contribution in [3.63, 3.8) is 0 Å². The predicted octanol–water partition coefficient (Wildman–Crippen LogP) is -0.506. The van der Waals surface area contributed by atoms with Crippen LogP contribution in [0.3, 0.4) is 0 Å². The van der Waals surface area contributed by atoms with Crippen LogP contribution in [0.2, 0.25) is 0 Å². The summed E-state index contributed by atoms with van der Waals surface area (Å²) in [6.07, 6.45) is 2.36. The first kappa shape index (κ1) is 13.4. The molecule has 0 rings (SSSR count). The number of carbonyl (C=O) groups is 3. The number of carbonyl (C=O) groups excluding carboxylic acids is 2. The quantitative estimate of drug-likeness (QED) is 0.411. The van der Waals surface area contributed by atoms with E-state index in [9.17, 15) is 14.4 Å². The maximum atomic E-state index is 10.6. The van der Waals surface area contributed by atoms with Gasteiger partial charge in [-0.25, -0.2) is 4.79 Å².